The Hall–Kier alpha value is -0.160. The smallest absolute Gasteiger partial charge is 0.0639 e. The molecule has 0 aliphatic carbocycles. The van der Waals surface area contributed by atoms with E-state index in [1.807, 2.05) is 13.8 Å². The summed E-state index contributed by atoms with van der Waals surface area (Å²) in [6, 6.07) is 0. The zero-order valence-electron chi connectivity index (χ0n) is 10.2. The maximum Gasteiger partial charge on any atom is 0.0639 e. The highest BCUT2D eigenvalue weighted by Gasteiger charge is 2.07. The van der Waals surface area contributed by atoms with Crippen molar-refractivity contribution in [2.24, 2.45) is 0 Å². The molecule has 0 spiro atoms. The van der Waals surface area contributed by atoms with Gasteiger partial charge in [-0.15, -0.1) is 0 Å². The van der Waals surface area contributed by atoms with Crippen LogP contribution in [-0.2, 0) is 9.47 Å². The highest BCUT2D eigenvalue weighted by molar-refractivity contribution is 4.60. The Bertz CT molecular complexity index is 121. The van der Waals surface area contributed by atoms with Crippen LogP contribution < -0.4 is 0 Å². The van der Waals surface area contributed by atoms with Crippen LogP contribution in [0.25, 0.3) is 0 Å². The second-order valence-electron chi connectivity index (χ2n) is 3.54. The van der Waals surface area contributed by atoms with Crippen molar-refractivity contribution in [3.63, 3.8) is 0 Å². The lowest BCUT2D eigenvalue weighted by molar-refractivity contribution is 0.0583. The van der Waals surface area contributed by atoms with E-state index in [2.05, 4.69) is 4.90 Å². The van der Waals surface area contributed by atoms with Crippen molar-refractivity contribution >= 4 is 0 Å². The lowest BCUT2D eigenvalue weighted by Crippen LogP contribution is -2.36. The van der Waals surface area contributed by atoms with Gasteiger partial charge in [-0.05, 0) is 20.8 Å². The largest absolute Gasteiger partial charge is 0.392 e. The quantitative estimate of drug-likeness (QED) is 0.550. The molecule has 0 saturated heterocycles. The van der Waals surface area contributed by atoms with Crippen molar-refractivity contribution in [2.75, 3.05) is 46.1 Å². The first-order valence-corrected chi connectivity index (χ1v) is 5.76. The minimum Gasteiger partial charge on any atom is -0.392 e. The number of hydrogen-bond acceptors (Lipinski definition) is 4. The van der Waals surface area contributed by atoms with Gasteiger partial charge in [-0.3, -0.25) is 4.90 Å². The van der Waals surface area contributed by atoms with Gasteiger partial charge in [0.15, 0.2) is 0 Å². The molecule has 0 radical (unpaired) electrons. The van der Waals surface area contributed by atoms with E-state index in [0.29, 0.717) is 6.54 Å². The van der Waals surface area contributed by atoms with Crippen LogP contribution in [0.1, 0.15) is 20.8 Å². The Morgan fingerprint density at radius 3 is 1.87 bits per heavy atom. The van der Waals surface area contributed by atoms with Crippen LogP contribution in [0, 0.1) is 0 Å². The molecule has 0 fully saturated rings. The normalized spacial score (nSPS) is 13.4. The number of aliphatic hydroxyl groups is 1. The number of nitrogens with zero attached hydrogens (tertiary/aromatic N) is 1. The summed E-state index contributed by atoms with van der Waals surface area (Å²) >= 11 is 0. The summed E-state index contributed by atoms with van der Waals surface area (Å²) in [5, 5.41) is 9.31. The molecule has 4 nitrogen and oxygen atoms in total. The Morgan fingerprint density at radius 1 is 1.07 bits per heavy atom. The van der Waals surface area contributed by atoms with E-state index < -0.39 is 0 Å². The number of aliphatic hydroxyl groups excluding tert-OH is 1. The summed E-state index contributed by atoms with van der Waals surface area (Å²) in [5.41, 5.74) is 0. The summed E-state index contributed by atoms with van der Waals surface area (Å²) < 4.78 is 10.6. The summed E-state index contributed by atoms with van der Waals surface area (Å²) in [4.78, 5) is 2.16. The number of rotatable bonds is 10. The third kappa shape index (κ3) is 10.1. The first-order valence-electron chi connectivity index (χ1n) is 5.76. The molecule has 0 amide bonds. The Labute approximate surface area is 93.2 Å². The van der Waals surface area contributed by atoms with E-state index in [0.717, 1.165) is 39.5 Å². The first kappa shape index (κ1) is 14.8. The fourth-order valence-electron chi connectivity index (χ4n) is 1.34. The van der Waals surface area contributed by atoms with Crippen molar-refractivity contribution in [1.82, 2.24) is 4.90 Å². The average Bonchev–Trinajstić information content (AvgIpc) is 2.17. The molecule has 0 bridgehead atoms. The average molecular weight is 219 g/mol. The number of ether oxygens (including phenoxy) is 2. The third-order valence-corrected chi connectivity index (χ3v) is 2.03. The van der Waals surface area contributed by atoms with Gasteiger partial charge in [0.25, 0.3) is 0 Å². The van der Waals surface area contributed by atoms with Crippen LogP contribution in [0.3, 0.4) is 0 Å². The SMILES string of the molecule is CCOCCN(CCOCC)CC(C)O. The standard InChI is InChI=1S/C11H25NO3/c1-4-14-8-6-12(10-11(3)13)7-9-15-5-2/h11,13H,4-10H2,1-3H3. The second-order valence-corrected chi connectivity index (χ2v) is 3.54. The zero-order chi connectivity index (χ0) is 11.5. The molecular formula is C11H25NO3. The maximum absolute atomic E-state index is 9.31. The Morgan fingerprint density at radius 2 is 1.53 bits per heavy atom. The molecule has 0 saturated carbocycles. The van der Waals surface area contributed by atoms with Crippen LogP contribution in [-0.4, -0.2) is 62.2 Å². The van der Waals surface area contributed by atoms with Crippen molar-refractivity contribution in [2.45, 2.75) is 26.9 Å². The summed E-state index contributed by atoms with van der Waals surface area (Å²) in [6.45, 7) is 11.1. The summed E-state index contributed by atoms with van der Waals surface area (Å²) in [6.07, 6.45) is -0.298. The zero-order valence-corrected chi connectivity index (χ0v) is 10.2. The van der Waals surface area contributed by atoms with Gasteiger partial charge in [-0.1, -0.05) is 0 Å². The van der Waals surface area contributed by atoms with E-state index in [9.17, 15) is 5.11 Å². The minimum atomic E-state index is -0.298. The van der Waals surface area contributed by atoms with Gasteiger partial charge >= 0.3 is 0 Å². The highest BCUT2D eigenvalue weighted by Crippen LogP contribution is 1.93. The summed E-state index contributed by atoms with van der Waals surface area (Å²) in [5.74, 6) is 0. The molecule has 0 heterocycles. The van der Waals surface area contributed by atoms with E-state index in [4.69, 9.17) is 9.47 Å². The topological polar surface area (TPSA) is 41.9 Å². The van der Waals surface area contributed by atoms with E-state index in [1.54, 1.807) is 6.92 Å². The minimum absolute atomic E-state index is 0.298. The van der Waals surface area contributed by atoms with Gasteiger partial charge < -0.3 is 14.6 Å². The molecule has 1 unspecified atom stereocenters. The molecule has 1 N–H and O–H groups in total. The molecule has 92 valence electrons. The van der Waals surface area contributed by atoms with Crippen molar-refractivity contribution in [3.8, 4) is 0 Å². The van der Waals surface area contributed by atoms with Crippen LogP contribution in [0.5, 0.6) is 0 Å². The van der Waals surface area contributed by atoms with Crippen LogP contribution in [0.15, 0.2) is 0 Å². The second kappa shape index (κ2) is 10.4. The molecule has 0 aromatic rings. The lowest BCUT2D eigenvalue weighted by Gasteiger charge is -2.23. The van der Waals surface area contributed by atoms with Gasteiger partial charge in [-0.2, -0.15) is 0 Å². The lowest BCUT2D eigenvalue weighted by atomic mass is 10.3. The predicted octanol–water partition coefficient (Wildman–Crippen LogP) is 0.742. The van der Waals surface area contributed by atoms with Crippen molar-refractivity contribution in [3.05, 3.63) is 0 Å². The third-order valence-electron chi connectivity index (χ3n) is 2.03. The molecule has 0 aliphatic rings. The van der Waals surface area contributed by atoms with Crippen molar-refractivity contribution in [1.29, 1.82) is 0 Å². The molecule has 0 rings (SSSR count). The molecule has 15 heavy (non-hydrogen) atoms. The molecular weight excluding hydrogens is 194 g/mol. The molecule has 0 aromatic heterocycles. The van der Waals surface area contributed by atoms with Gasteiger partial charge in [-0.25, -0.2) is 0 Å². The van der Waals surface area contributed by atoms with E-state index in [-0.39, 0.29) is 6.10 Å². The number of hydrogen-bond donors (Lipinski definition) is 1. The van der Waals surface area contributed by atoms with E-state index >= 15 is 0 Å². The summed E-state index contributed by atoms with van der Waals surface area (Å²) in [7, 11) is 0. The maximum atomic E-state index is 9.31. The molecule has 0 aromatic carbocycles. The van der Waals surface area contributed by atoms with Gasteiger partial charge in [0.2, 0.25) is 0 Å². The van der Waals surface area contributed by atoms with Crippen LogP contribution >= 0.6 is 0 Å². The molecule has 4 heteroatoms. The fourth-order valence-corrected chi connectivity index (χ4v) is 1.34. The predicted molar refractivity (Wildman–Crippen MR) is 61.1 cm³/mol. The Kier molecular flexibility index (Phi) is 10.3. The molecule has 0 aliphatic heterocycles. The fraction of sp³-hybridized carbons (Fsp3) is 1.00. The van der Waals surface area contributed by atoms with E-state index in [1.165, 1.54) is 0 Å². The highest BCUT2D eigenvalue weighted by atomic mass is 16.5. The van der Waals surface area contributed by atoms with Crippen molar-refractivity contribution < 1.29 is 14.6 Å². The van der Waals surface area contributed by atoms with Crippen LogP contribution in [0.2, 0.25) is 0 Å². The Balaban J connectivity index is 3.63. The first-order chi connectivity index (χ1) is 7.20. The van der Waals surface area contributed by atoms with Crippen LogP contribution in [0.4, 0.5) is 0 Å². The van der Waals surface area contributed by atoms with Gasteiger partial charge in [0, 0.05) is 32.8 Å². The monoisotopic (exact) mass is 219 g/mol. The molecule has 1 atom stereocenters. The van der Waals surface area contributed by atoms with Gasteiger partial charge in [0.1, 0.15) is 0 Å². The van der Waals surface area contributed by atoms with Gasteiger partial charge in [0.05, 0.1) is 19.3 Å².